The van der Waals surface area contributed by atoms with E-state index in [1.165, 1.54) is 16.7 Å². The quantitative estimate of drug-likeness (QED) is 0.873. The van der Waals surface area contributed by atoms with Crippen LogP contribution in [0.15, 0.2) is 36.7 Å². The van der Waals surface area contributed by atoms with Crippen molar-refractivity contribution in [3.05, 3.63) is 53.3 Å². The second kappa shape index (κ2) is 6.23. The molecule has 1 atom stereocenters. The Labute approximate surface area is 119 Å². The normalized spacial score (nSPS) is 17.3. The number of rotatable bonds is 1. The average molecular weight is 286 g/mol. The standard InChI is InChI=1S/C13H15N3.2ClH/c1-16-9-11(7-15-16)13-8-14-6-10-4-2-3-5-12(10)13;;/h2-5,7,9,13-14H,6,8H2,1H3;2*1H. The first-order chi connectivity index (χ1) is 7.84. The maximum atomic E-state index is 4.25. The number of nitrogens with one attached hydrogen (secondary N) is 1. The van der Waals surface area contributed by atoms with E-state index in [2.05, 4.69) is 40.9 Å². The summed E-state index contributed by atoms with van der Waals surface area (Å²) in [6, 6.07) is 8.65. The fourth-order valence-electron chi connectivity index (χ4n) is 2.41. The highest BCUT2D eigenvalue weighted by Gasteiger charge is 2.21. The van der Waals surface area contributed by atoms with Gasteiger partial charge in [0.25, 0.3) is 0 Å². The van der Waals surface area contributed by atoms with Crippen LogP contribution >= 0.6 is 24.8 Å². The topological polar surface area (TPSA) is 29.9 Å². The van der Waals surface area contributed by atoms with E-state index in [1.807, 2.05) is 17.9 Å². The summed E-state index contributed by atoms with van der Waals surface area (Å²) in [4.78, 5) is 0. The van der Waals surface area contributed by atoms with Gasteiger partial charge in [0.2, 0.25) is 0 Å². The van der Waals surface area contributed by atoms with Crippen LogP contribution in [0, 0.1) is 0 Å². The first-order valence-electron chi connectivity index (χ1n) is 5.61. The largest absolute Gasteiger partial charge is 0.312 e. The Morgan fingerprint density at radius 3 is 2.78 bits per heavy atom. The Morgan fingerprint density at radius 1 is 1.28 bits per heavy atom. The average Bonchev–Trinajstić information content (AvgIpc) is 2.75. The molecule has 1 aliphatic heterocycles. The molecule has 0 radical (unpaired) electrons. The van der Waals surface area contributed by atoms with E-state index in [1.54, 1.807) is 0 Å². The lowest BCUT2D eigenvalue weighted by atomic mass is 9.87. The summed E-state index contributed by atoms with van der Waals surface area (Å²) in [5.74, 6) is 0.443. The van der Waals surface area contributed by atoms with Crippen LogP contribution in [-0.2, 0) is 13.6 Å². The van der Waals surface area contributed by atoms with Crippen molar-refractivity contribution < 1.29 is 0 Å². The van der Waals surface area contributed by atoms with Gasteiger partial charge in [0.1, 0.15) is 0 Å². The van der Waals surface area contributed by atoms with Gasteiger partial charge in [0, 0.05) is 32.3 Å². The van der Waals surface area contributed by atoms with Gasteiger partial charge in [-0.15, -0.1) is 24.8 Å². The molecule has 1 aromatic heterocycles. The third-order valence-electron chi connectivity index (χ3n) is 3.22. The van der Waals surface area contributed by atoms with Crippen molar-refractivity contribution in [2.24, 2.45) is 7.05 Å². The predicted octanol–water partition coefficient (Wildman–Crippen LogP) is 2.50. The molecule has 2 heterocycles. The summed E-state index contributed by atoms with van der Waals surface area (Å²) < 4.78 is 1.87. The Hall–Kier alpha value is -1.03. The Morgan fingerprint density at radius 2 is 2.06 bits per heavy atom. The van der Waals surface area contributed by atoms with E-state index in [-0.39, 0.29) is 24.8 Å². The highest BCUT2D eigenvalue weighted by molar-refractivity contribution is 5.85. The van der Waals surface area contributed by atoms with E-state index in [0.717, 1.165) is 13.1 Å². The molecule has 1 N–H and O–H groups in total. The zero-order valence-electron chi connectivity index (χ0n) is 10.2. The lowest BCUT2D eigenvalue weighted by Gasteiger charge is -2.25. The fraction of sp³-hybridized carbons (Fsp3) is 0.308. The van der Waals surface area contributed by atoms with Crippen molar-refractivity contribution in [2.75, 3.05) is 6.54 Å². The molecule has 0 spiro atoms. The second-order valence-corrected chi connectivity index (χ2v) is 4.33. The zero-order valence-corrected chi connectivity index (χ0v) is 11.8. The van der Waals surface area contributed by atoms with E-state index in [4.69, 9.17) is 0 Å². The first-order valence-corrected chi connectivity index (χ1v) is 5.61. The number of fused-ring (bicyclic) bond motifs is 1. The molecule has 1 unspecified atom stereocenters. The van der Waals surface area contributed by atoms with Crippen LogP contribution in [0.1, 0.15) is 22.6 Å². The molecule has 0 aliphatic carbocycles. The summed E-state index contributed by atoms with van der Waals surface area (Å²) in [6.07, 6.45) is 4.07. The summed E-state index contributed by atoms with van der Waals surface area (Å²) in [7, 11) is 1.96. The molecule has 1 aliphatic rings. The van der Waals surface area contributed by atoms with Crippen LogP contribution in [-0.4, -0.2) is 16.3 Å². The molecule has 18 heavy (non-hydrogen) atoms. The minimum absolute atomic E-state index is 0. The van der Waals surface area contributed by atoms with Gasteiger partial charge in [-0.25, -0.2) is 0 Å². The molecule has 3 nitrogen and oxygen atoms in total. The summed E-state index contributed by atoms with van der Waals surface area (Å²) in [5, 5.41) is 7.72. The van der Waals surface area contributed by atoms with Gasteiger partial charge in [-0.05, 0) is 16.7 Å². The van der Waals surface area contributed by atoms with Crippen LogP contribution in [0.4, 0.5) is 0 Å². The van der Waals surface area contributed by atoms with Gasteiger partial charge < -0.3 is 5.32 Å². The van der Waals surface area contributed by atoms with Crippen LogP contribution in [0.25, 0.3) is 0 Å². The van der Waals surface area contributed by atoms with Crippen molar-refractivity contribution in [1.29, 1.82) is 0 Å². The van der Waals surface area contributed by atoms with Crippen LogP contribution in [0.3, 0.4) is 0 Å². The van der Waals surface area contributed by atoms with Crippen molar-refractivity contribution in [2.45, 2.75) is 12.5 Å². The SMILES string of the molecule is Cl.Cl.Cn1cc(C2CNCc3ccccc32)cn1. The van der Waals surface area contributed by atoms with Gasteiger partial charge in [-0.1, -0.05) is 24.3 Å². The van der Waals surface area contributed by atoms with Crippen LogP contribution in [0.5, 0.6) is 0 Å². The monoisotopic (exact) mass is 285 g/mol. The summed E-state index contributed by atoms with van der Waals surface area (Å²) >= 11 is 0. The minimum Gasteiger partial charge on any atom is -0.312 e. The molecular formula is C13H17Cl2N3. The number of halogens is 2. The molecule has 0 saturated heterocycles. The molecule has 98 valence electrons. The van der Waals surface area contributed by atoms with Crippen molar-refractivity contribution in [3.8, 4) is 0 Å². The molecule has 0 amide bonds. The Kier molecular flexibility index (Phi) is 5.20. The summed E-state index contributed by atoms with van der Waals surface area (Å²) in [5.41, 5.74) is 4.14. The number of hydrogen-bond acceptors (Lipinski definition) is 2. The van der Waals surface area contributed by atoms with Gasteiger partial charge in [0.15, 0.2) is 0 Å². The number of hydrogen-bond donors (Lipinski definition) is 1. The van der Waals surface area contributed by atoms with E-state index in [9.17, 15) is 0 Å². The molecular weight excluding hydrogens is 269 g/mol. The van der Waals surface area contributed by atoms with Crippen LogP contribution < -0.4 is 5.32 Å². The van der Waals surface area contributed by atoms with Gasteiger partial charge in [0.05, 0.1) is 6.20 Å². The minimum atomic E-state index is 0. The van der Waals surface area contributed by atoms with Gasteiger partial charge in [-0.2, -0.15) is 5.10 Å². The third kappa shape index (κ3) is 2.69. The number of aryl methyl sites for hydroxylation is 1. The lowest BCUT2D eigenvalue weighted by molar-refractivity contribution is 0.591. The van der Waals surface area contributed by atoms with Crippen molar-refractivity contribution in [1.82, 2.24) is 15.1 Å². The molecule has 1 aromatic carbocycles. The Balaban J connectivity index is 0.000000810. The molecule has 2 aromatic rings. The third-order valence-corrected chi connectivity index (χ3v) is 3.22. The number of aromatic nitrogens is 2. The highest BCUT2D eigenvalue weighted by atomic mass is 35.5. The maximum absolute atomic E-state index is 4.25. The zero-order chi connectivity index (χ0) is 11.0. The predicted molar refractivity (Wildman–Crippen MR) is 77.7 cm³/mol. The number of nitrogens with zero attached hydrogens (tertiary/aromatic N) is 2. The molecule has 5 heteroatoms. The Bertz CT molecular complexity index is 510. The second-order valence-electron chi connectivity index (χ2n) is 4.33. The summed E-state index contributed by atoms with van der Waals surface area (Å²) in [6.45, 7) is 1.98. The molecule has 0 saturated carbocycles. The first kappa shape index (κ1) is 15.0. The van der Waals surface area contributed by atoms with Crippen LogP contribution in [0.2, 0.25) is 0 Å². The van der Waals surface area contributed by atoms with Crippen molar-refractivity contribution >= 4 is 24.8 Å². The van der Waals surface area contributed by atoms with Gasteiger partial charge in [-0.3, -0.25) is 4.68 Å². The van der Waals surface area contributed by atoms with E-state index < -0.39 is 0 Å². The van der Waals surface area contributed by atoms with Crippen molar-refractivity contribution in [3.63, 3.8) is 0 Å². The number of benzene rings is 1. The highest BCUT2D eigenvalue weighted by Crippen LogP contribution is 2.29. The molecule has 0 fully saturated rings. The molecule has 3 rings (SSSR count). The van der Waals surface area contributed by atoms with Gasteiger partial charge >= 0.3 is 0 Å². The van der Waals surface area contributed by atoms with E-state index >= 15 is 0 Å². The maximum Gasteiger partial charge on any atom is 0.0528 e. The lowest BCUT2D eigenvalue weighted by Crippen LogP contribution is -2.28. The fourth-order valence-corrected chi connectivity index (χ4v) is 2.41. The molecule has 0 bridgehead atoms. The van der Waals surface area contributed by atoms with E-state index in [0.29, 0.717) is 5.92 Å². The smallest absolute Gasteiger partial charge is 0.0528 e.